The molecule has 2 rings (SSSR count). The predicted molar refractivity (Wildman–Crippen MR) is 85.8 cm³/mol. The molecule has 0 amide bonds. The fourth-order valence-electron chi connectivity index (χ4n) is 2.35. The molecular formula is C17H22O3S. The lowest BCUT2D eigenvalue weighted by Gasteiger charge is -2.08. The summed E-state index contributed by atoms with van der Waals surface area (Å²) in [5.41, 5.74) is 0. The van der Waals surface area contributed by atoms with Crippen LogP contribution in [0, 0.1) is 0 Å². The highest BCUT2D eigenvalue weighted by Gasteiger charge is 2.17. The Morgan fingerprint density at radius 3 is 2.43 bits per heavy atom. The second kappa shape index (κ2) is 7.57. The first-order chi connectivity index (χ1) is 10.1. The molecule has 0 fully saturated rings. The zero-order chi connectivity index (χ0) is 15.1. The normalized spacial score (nSPS) is 11.9. The minimum atomic E-state index is -3.68. The molecule has 0 aliphatic rings. The minimum absolute atomic E-state index is 0.258. The number of benzene rings is 2. The van der Waals surface area contributed by atoms with Gasteiger partial charge in [0.2, 0.25) is 0 Å². The summed E-state index contributed by atoms with van der Waals surface area (Å²) >= 11 is 0. The largest absolute Gasteiger partial charge is 0.297 e. The summed E-state index contributed by atoms with van der Waals surface area (Å²) in [6.07, 6.45) is 5.29. The molecule has 2 aromatic carbocycles. The number of rotatable bonds is 8. The molecule has 0 saturated carbocycles. The van der Waals surface area contributed by atoms with E-state index in [-0.39, 0.29) is 11.5 Å². The van der Waals surface area contributed by atoms with E-state index in [4.69, 9.17) is 4.18 Å². The molecule has 0 aliphatic heterocycles. The van der Waals surface area contributed by atoms with Crippen molar-refractivity contribution in [3.05, 3.63) is 42.5 Å². The van der Waals surface area contributed by atoms with E-state index in [0.717, 1.165) is 24.6 Å². The molecular weight excluding hydrogens is 284 g/mol. The zero-order valence-corrected chi connectivity index (χ0v) is 13.2. The maximum Gasteiger partial charge on any atom is 0.297 e. The minimum Gasteiger partial charge on any atom is -0.266 e. The average Bonchev–Trinajstić information content (AvgIpc) is 2.50. The van der Waals surface area contributed by atoms with Crippen LogP contribution < -0.4 is 0 Å². The number of hydrogen-bond acceptors (Lipinski definition) is 3. The Kier molecular flexibility index (Phi) is 5.76. The van der Waals surface area contributed by atoms with Gasteiger partial charge in [-0.1, -0.05) is 69.0 Å². The Hall–Kier alpha value is -1.39. The van der Waals surface area contributed by atoms with Gasteiger partial charge in [0.15, 0.2) is 0 Å². The molecule has 0 heterocycles. The molecule has 0 N–H and O–H groups in total. The number of unbranched alkanes of at least 4 members (excludes halogenated alkanes) is 4. The van der Waals surface area contributed by atoms with Gasteiger partial charge in [0.05, 0.1) is 6.61 Å². The fraction of sp³-hybridized carbons (Fsp3) is 0.412. The van der Waals surface area contributed by atoms with Crippen molar-refractivity contribution < 1.29 is 12.6 Å². The predicted octanol–water partition coefficient (Wildman–Crippen LogP) is 4.52. The lowest BCUT2D eigenvalue weighted by molar-refractivity contribution is 0.307. The van der Waals surface area contributed by atoms with Crippen LogP contribution in [0.4, 0.5) is 0 Å². The van der Waals surface area contributed by atoms with E-state index in [1.165, 1.54) is 12.8 Å². The molecule has 0 saturated heterocycles. The fourth-order valence-corrected chi connectivity index (χ4v) is 3.52. The van der Waals surface area contributed by atoms with Gasteiger partial charge in [0.25, 0.3) is 10.1 Å². The van der Waals surface area contributed by atoms with Crippen LogP contribution in [0.1, 0.15) is 39.0 Å². The first kappa shape index (κ1) is 16.0. The van der Waals surface area contributed by atoms with Gasteiger partial charge in [-0.2, -0.15) is 8.42 Å². The van der Waals surface area contributed by atoms with Gasteiger partial charge in [-0.05, 0) is 17.9 Å². The highest BCUT2D eigenvalue weighted by Crippen LogP contribution is 2.24. The van der Waals surface area contributed by atoms with Crippen molar-refractivity contribution in [2.45, 2.75) is 43.9 Å². The van der Waals surface area contributed by atoms with Gasteiger partial charge < -0.3 is 0 Å². The van der Waals surface area contributed by atoms with Crippen molar-refractivity contribution in [1.29, 1.82) is 0 Å². The van der Waals surface area contributed by atoms with Gasteiger partial charge >= 0.3 is 0 Å². The van der Waals surface area contributed by atoms with Gasteiger partial charge in [0, 0.05) is 5.39 Å². The maximum atomic E-state index is 12.3. The summed E-state index contributed by atoms with van der Waals surface area (Å²) in [5.74, 6) is 0. The Labute approximate surface area is 127 Å². The topological polar surface area (TPSA) is 43.4 Å². The van der Waals surface area contributed by atoms with E-state index >= 15 is 0 Å². The quantitative estimate of drug-likeness (QED) is 0.532. The van der Waals surface area contributed by atoms with Gasteiger partial charge in [0.1, 0.15) is 4.90 Å². The van der Waals surface area contributed by atoms with Crippen molar-refractivity contribution in [1.82, 2.24) is 0 Å². The maximum absolute atomic E-state index is 12.3. The molecule has 0 aliphatic carbocycles. The molecule has 21 heavy (non-hydrogen) atoms. The molecule has 0 aromatic heterocycles. The summed E-state index contributed by atoms with van der Waals surface area (Å²) < 4.78 is 29.8. The van der Waals surface area contributed by atoms with Crippen LogP contribution in [0.2, 0.25) is 0 Å². The van der Waals surface area contributed by atoms with Crippen LogP contribution in [0.3, 0.4) is 0 Å². The second-order valence-electron chi connectivity index (χ2n) is 5.17. The molecule has 0 unspecified atom stereocenters. The summed E-state index contributed by atoms with van der Waals surface area (Å²) in [5, 5.41) is 1.62. The highest BCUT2D eigenvalue weighted by molar-refractivity contribution is 7.87. The molecule has 0 spiro atoms. The van der Waals surface area contributed by atoms with Crippen LogP contribution in [-0.4, -0.2) is 15.0 Å². The summed E-state index contributed by atoms with van der Waals surface area (Å²) in [7, 11) is -3.68. The van der Waals surface area contributed by atoms with E-state index < -0.39 is 10.1 Å². The van der Waals surface area contributed by atoms with Crippen LogP contribution in [-0.2, 0) is 14.3 Å². The molecule has 0 atom stereocenters. The number of hydrogen-bond donors (Lipinski definition) is 0. The van der Waals surface area contributed by atoms with E-state index in [1.54, 1.807) is 12.1 Å². The summed E-state index contributed by atoms with van der Waals surface area (Å²) in [4.78, 5) is 0.258. The monoisotopic (exact) mass is 306 g/mol. The third kappa shape index (κ3) is 4.29. The van der Waals surface area contributed by atoms with Gasteiger partial charge in [-0.15, -0.1) is 0 Å². The lowest BCUT2D eigenvalue weighted by Crippen LogP contribution is -2.08. The first-order valence-electron chi connectivity index (χ1n) is 7.52. The van der Waals surface area contributed by atoms with Crippen molar-refractivity contribution in [3.63, 3.8) is 0 Å². The van der Waals surface area contributed by atoms with Gasteiger partial charge in [-0.3, -0.25) is 4.18 Å². The van der Waals surface area contributed by atoms with Crippen molar-refractivity contribution in [3.8, 4) is 0 Å². The molecule has 2 aromatic rings. The molecule has 0 radical (unpaired) electrons. The van der Waals surface area contributed by atoms with Crippen molar-refractivity contribution in [2.75, 3.05) is 6.61 Å². The highest BCUT2D eigenvalue weighted by atomic mass is 32.2. The SMILES string of the molecule is CCCCCCCOS(=O)(=O)c1cccc2ccccc12. The first-order valence-corrected chi connectivity index (χ1v) is 8.93. The van der Waals surface area contributed by atoms with Crippen LogP contribution >= 0.6 is 0 Å². The molecule has 0 bridgehead atoms. The Morgan fingerprint density at radius 2 is 1.62 bits per heavy atom. The van der Waals surface area contributed by atoms with Crippen LogP contribution in [0.25, 0.3) is 10.8 Å². The Balaban J connectivity index is 2.05. The zero-order valence-electron chi connectivity index (χ0n) is 12.4. The summed E-state index contributed by atoms with van der Waals surface area (Å²) in [6.45, 7) is 2.41. The standard InChI is InChI=1S/C17H22O3S/c1-2-3-4-5-8-14-20-21(18,19)17-13-9-11-15-10-6-7-12-16(15)17/h6-7,9-13H,2-5,8,14H2,1H3. The smallest absolute Gasteiger partial charge is 0.266 e. The van der Waals surface area contributed by atoms with Crippen molar-refractivity contribution >= 4 is 20.9 Å². The second-order valence-corrected chi connectivity index (χ2v) is 6.75. The van der Waals surface area contributed by atoms with E-state index in [1.807, 2.05) is 30.3 Å². The Bertz CT molecular complexity index is 672. The lowest BCUT2D eigenvalue weighted by atomic mass is 10.1. The van der Waals surface area contributed by atoms with E-state index in [0.29, 0.717) is 5.39 Å². The third-order valence-corrected chi connectivity index (χ3v) is 4.88. The Morgan fingerprint density at radius 1 is 0.905 bits per heavy atom. The molecule has 3 nitrogen and oxygen atoms in total. The summed E-state index contributed by atoms with van der Waals surface area (Å²) in [6, 6.07) is 12.7. The molecule has 114 valence electrons. The van der Waals surface area contributed by atoms with Crippen LogP contribution in [0.5, 0.6) is 0 Å². The number of fused-ring (bicyclic) bond motifs is 1. The van der Waals surface area contributed by atoms with E-state index in [2.05, 4.69) is 6.92 Å². The van der Waals surface area contributed by atoms with Crippen LogP contribution in [0.15, 0.2) is 47.4 Å². The van der Waals surface area contributed by atoms with Crippen molar-refractivity contribution in [2.24, 2.45) is 0 Å². The van der Waals surface area contributed by atoms with Gasteiger partial charge in [-0.25, -0.2) is 0 Å². The molecule has 4 heteroatoms. The third-order valence-electron chi connectivity index (χ3n) is 3.51. The average molecular weight is 306 g/mol. The van der Waals surface area contributed by atoms with E-state index in [9.17, 15) is 8.42 Å².